The first-order valence-electron chi connectivity index (χ1n) is 7.61. The first-order valence-corrected chi connectivity index (χ1v) is 7.99. The lowest BCUT2D eigenvalue weighted by molar-refractivity contribution is -0.136. The van der Waals surface area contributed by atoms with Crippen LogP contribution in [0.2, 0.25) is 5.02 Å². The number of aromatic amines is 1. The minimum atomic E-state index is -0.913. The van der Waals surface area contributed by atoms with Gasteiger partial charge in [0, 0.05) is 37.1 Å². The number of aliphatic imine (C=N–C) groups is 1. The molecule has 1 aromatic carbocycles. The van der Waals surface area contributed by atoms with Gasteiger partial charge in [0.25, 0.3) is 0 Å². The van der Waals surface area contributed by atoms with Crippen molar-refractivity contribution in [1.29, 1.82) is 0 Å². The third kappa shape index (κ3) is 5.49. The number of anilines is 1. The van der Waals surface area contributed by atoms with Gasteiger partial charge in [-0.15, -0.1) is 0 Å². The van der Waals surface area contributed by atoms with Gasteiger partial charge >= 0.3 is 11.8 Å². The Morgan fingerprint density at radius 3 is 2.69 bits per heavy atom. The Morgan fingerprint density at radius 2 is 2.00 bits per heavy atom. The van der Waals surface area contributed by atoms with Gasteiger partial charge in [0.15, 0.2) is 5.96 Å². The van der Waals surface area contributed by atoms with Gasteiger partial charge in [-0.3, -0.25) is 14.6 Å². The quantitative estimate of drug-likeness (QED) is 0.288. The molecule has 2 rings (SSSR count). The van der Waals surface area contributed by atoms with E-state index < -0.39 is 17.6 Å². The zero-order chi connectivity index (χ0) is 19.1. The van der Waals surface area contributed by atoms with Gasteiger partial charge in [-0.2, -0.15) is 0 Å². The van der Waals surface area contributed by atoms with E-state index in [4.69, 9.17) is 23.1 Å². The topological polar surface area (TPSA) is 138 Å². The average molecular weight is 381 g/mol. The maximum absolute atomic E-state index is 13.3. The molecule has 0 unspecified atom stereocenters. The summed E-state index contributed by atoms with van der Waals surface area (Å²) in [5.41, 5.74) is 12.3. The van der Waals surface area contributed by atoms with Gasteiger partial charge in [-0.25, -0.2) is 4.39 Å². The number of rotatable bonds is 6. The summed E-state index contributed by atoms with van der Waals surface area (Å²) in [5, 5.41) is 4.72. The Bertz CT molecular complexity index is 832. The number of halogens is 2. The molecule has 7 N–H and O–H groups in total. The number of nitrogens with zero attached hydrogens (tertiary/aromatic N) is 1. The molecule has 0 aliphatic carbocycles. The first-order chi connectivity index (χ1) is 12.4. The molecule has 0 aliphatic rings. The monoisotopic (exact) mass is 380 g/mol. The highest BCUT2D eigenvalue weighted by Gasteiger charge is 2.15. The number of H-pyrrole nitrogens is 1. The molecule has 0 spiro atoms. The van der Waals surface area contributed by atoms with Crippen molar-refractivity contribution in [2.75, 3.05) is 11.9 Å². The molecule has 0 radical (unpaired) electrons. The Morgan fingerprint density at radius 1 is 1.23 bits per heavy atom. The predicted octanol–water partition coefficient (Wildman–Crippen LogP) is 0.878. The molecule has 0 atom stereocenters. The van der Waals surface area contributed by atoms with Crippen LogP contribution in [0, 0.1) is 5.82 Å². The fourth-order valence-corrected chi connectivity index (χ4v) is 2.27. The van der Waals surface area contributed by atoms with Gasteiger partial charge in [0.2, 0.25) is 0 Å². The van der Waals surface area contributed by atoms with Crippen LogP contribution in [0.5, 0.6) is 0 Å². The summed E-state index contributed by atoms with van der Waals surface area (Å²) in [6.45, 7) is 0.536. The third-order valence-corrected chi connectivity index (χ3v) is 3.72. The lowest BCUT2D eigenvalue weighted by Crippen LogP contribution is -2.35. The molecule has 2 aromatic rings. The molecule has 10 heteroatoms. The number of benzene rings is 1. The van der Waals surface area contributed by atoms with Crippen molar-refractivity contribution in [1.82, 2.24) is 10.3 Å². The van der Waals surface area contributed by atoms with Crippen LogP contribution in [-0.4, -0.2) is 29.3 Å². The van der Waals surface area contributed by atoms with Crippen LogP contribution in [0.15, 0.2) is 35.5 Å². The number of nitrogens with two attached hydrogens (primary N) is 2. The normalized spacial score (nSPS) is 10.2. The lowest BCUT2D eigenvalue weighted by atomic mass is 10.2. The van der Waals surface area contributed by atoms with Gasteiger partial charge in [-0.1, -0.05) is 11.6 Å². The summed E-state index contributed by atoms with van der Waals surface area (Å²) in [6.07, 6.45) is 2.26. The summed E-state index contributed by atoms with van der Waals surface area (Å²) in [7, 11) is 0. The number of amides is 2. The van der Waals surface area contributed by atoms with E-state index in [0.717, 1.165) is 17.3 Å². The van der Waals surface area contributed by atoms with Crippen LogP contribution in [-0.2, 0) is 22.6 Å². The van der Waals surface area contributed by atoms with Crippen molar-refractivity contribution in [2.45, 2.75) is 13.0 Å². The SMILES string of the molecule is NC(N)=NCCc1[nH]ccc1CNC(=O)C(=O)Nc1ccc(Cl)c(F)c1. The highest BCUT2D eigenvalue weighted by Crippen LogP contribution is 2.18. The number of guanidine groups is 1. The largest absolute Gasteiger partial charge is 0.370 e. The Balaban J connectivity index is 1.88. The minimum absolute atomic E-state index is 0.00159. The van der Waals surface area contributed by atoms with E-state index in [9.17, 15) is 14.0 Å². The second kappa shape index (κ2) is 8.86. The number of hydrogen-bond acceptors (Lipinski definition) is 3. The van der Waals surface area contributed by atoms with Crippen LogP contribution in [0.25, 0.3) is 0 Å². The Hall–Kier alpha value is -3.07. The van der Waals surface area contributed by atoms with E-state index in [1.165, 1.54) is 12.1 Å². The zero-order valence-electron chi connectivity index (χ0n) is 13.7. The lowest BCUT2D eigenvalue weighted by Gasteiger charge is -2.08. The molecule has 2 amide bonds. The van der Waals surface area contributed by atoms with Crippen LogP contribution in [0.1, 0.15) is 11.3 Å². The van der Waals surface area contributed by atoms with Gasteiger partial charge in [-0.05, 0) is 29.8 Å². The van der Waals surface area contributed by atoms with Crippen molar-refractivity contribution >= 4 is 35.1 Å². The van der Waals surface area contributed by atoms with E-state index in [2.05, 4.69) is 20.6 Å². The number of hydrogen-bond donors (Lipinski definition) is 5. The second-order valence-corrected chi connectivity index (χ2v) is 5.71. The molecular weight excluding hydrogens is 363 g/mol. The van der Waals surface area contributed by atoms with Crippen molar-refractivity contribution in [2.24, 2.45) is 16.5 Å². The average Bonchev–Trinajstić information content (AvgIpc) is 3.03. The second-order valence-electron chi connectivity index (χ2n) is 5.30. The van der Waals surface area contributed by atoms with Crippen LogP contribution >= 0.6 is 11.6 Å². The molecular formula is C16H18ClFN6O2. The van der Waals surface area contributed by atoms with E-state index in [0.29, 0.717) is 13.0 Å². The molecule has 1 aromatic heterocycles. The minimum Gasteiger partial charge on any atom is -0.370 e. The first kappa shape index (κ1) is 19.3. The van der Waals surface area contributed by atoms with E-state index in [1.807, 2.05) is 0 Å². The summed E-state index contributed by atoms with van der Waals surface area (Å²) in [6, 6.07) is 5.48. The van der Waals surface area contributed by atoms with E-state index in [-0.39, 0.29) is 23.2 Å². The van der Waals surface area contributed by atoms with Crippen molar-refractivity contribution in [3.8, 4) is 0 Å². The summed E-state index contributed by atoms with van der Waals surface area (Å²) in [4.78, 5) is 30.7. The molecule has 0 aliphatic heterocycles. The number of aromatic nitrogens is 1. The highest BCUT2D eigenvalue weighted by atomic mass is 35.5. The van der Waals surface area contributed by atoms with Crippen LogP contribution < -0.4 is 22.1 Å². The van der Waals surface area contributed by atoms with Gasteiger partial charge < -0.3 is 27.1 Å². The molecule has 0 saturated carbocycles. The standard InChI is InChI=1S/C16H18ClFN6O2/c17-11-2-1-10(7-12(11)18)24-15(26)14(25)23-8-9-3-5-21-13(9)4-6-22-16(19)20/h1-3,5,7,21H,4,6,8H2,(H,23,25)(H,24,26)(H4,19,20,22). The molecule has 0 saturated heterocycles. The maximum atomic E-state index is 13.3. The fourth-order valence-electron chi connectivity index (χ4n) is 2.15. The third-order valence-electron chi connectivity index (χ3n) is 3.41. The van der Waals surface area contributed by atoms with Crippen molar-refractivity contribution < 1.29 is 14.0 Å². The van der Waals surface area contributed by atoms with Crippen LogP contribution in [0.3, 0.4) is 0 Å². The summed E-state index contributed by atoms with van der Waals surface area (Å²) in [5.74, 6) is -2.45. The number of carbonyl (C=O) groups is 2. The van der Waals surface area contributed by atoms with Crippen LogP contribution in [0.4, 0.5) is 10.1 Å². The van der Waals surface area contributed by atoms with Gasteiger partial charge in [0.05, 0.1) is 5.02 Å². The molecule has 0 fully saturated rings. The molecule has 1 heterocycles. The summed E-state index contributed by atoms with van der Waals surface area (Å²) < 4.78 is 13.3. The molecule has 138 valence electrons. The zero-order valence-corrected chi connectivity index (χ0v) is 14.4. The predicted molar refractivity (Wildman–Crippen MR) is 97.1 cm³/mol. The van der Waals surface area contributed by atoms with E-state index in [1.54, 1.807) is 12.3 Å². The van der Waals surface area contributed by atoms with E-state index >= 15 is 0 Å². The smallest absolute Gasteiger partial charge is 0.313 e. The molecule has 0 bridgehead atoms. The summed E-state index contributed by atoms with van der Waals surface area (Å²) >= 11 is 5.56. The fraction of sp³-hybridized carbons (Fsp3) is 0.188. The molecule has 26 heavy (non-hydrogen) atoms. The van der Waals surface area contributed by atoms with Crippen molar-refractivity contribution in [3.63, 3.8) is 0 Å². The number of carbonyl (C=O) groups excluding carboxylic acids is 2. The maximum Gasteiger partial charge on any atom is 0.313 e. The van der Waals surface area contributed by atoms with Gasteiger partial charge in [0.1, 0.15) is 5.82 Å². The molecule has 8 nitrogen and oxygen atoms in total. The number of nitrogens with one attached hydrogen (secondary N) is 3. The Labute approximate surface area is 153 Å². The Kier molecular flexibility index (Phi) is 6.56. The van der Waals surface area contributed by atoms with Crippen molar-refractivity contribution in [3.05, 3.63) is 52.6 Å². The highest BCUT2D eigenvalue weighted by molar-refractivity contribution is 6.39.